The molecular formula is C16H24N4S. The van der Waals surface area contributed by atoms with Crippen molar-refractivity contribution in [3.05, 3.63) is 33.8 Å². The number of hydrogen-bond acceptors (Lipinski definition) is 5. The predicted octanol–water partition coefficient (Wildman–Crippen LogP) is 4.10. The molecular weight excluding hydrogens is 280 g/mol. The second-order valence-corrected chi connectivity index (χ2v) is 5.91. The third-order valence-electron chi connectivity index (χ3n) is 3.29. The fraction of sp³-hybridized carbons (Fsp3) is 0.500. The molecule has 5 heteroatoms. The van der Waals surface area contributed by atoms with Gasteiger partial charge < -0.3 is 10.6 Å². The summed E-state index contributed by atoms with van der Waals surface area (Å²) in [7, 11) is 0. The maximum Gasteiger partial charge on any atom is 0.132 e. The molecule has 0 aromatic carbocycles. The number of thiophene rings is 1. The molecule has 0 saturated carbocycles. The Morgan fingerprint density at radius 3 is 2.48 bits per heavy atom. The molecule has 0 fully saturated rings. The third-order valence-corrected chi connectivity index (χ3v) is 4.26. The molecule has 0 spiro atoms. The third kappa shape index (κ3) is 4.43. The molecule has 4 nitrogen and oxygen atoms in total. The molecule has 2 aromatic rings. The van der Waals surface area contributed by atoms with E-state index < -0.39 is 0 Å². The van der Waals surface area contributed by atoms with Crippen molar-refractivity contribution in [3.8, 4) is 0 Å². The standard InChI is InChI=1S/C16H24N4S/c1-4-8-17-15-10-16(20-14(6-3)19-15)18-11-13-12(5-2)7-9-21-13/h7,9-10H,4-6,8,11H2,1-3H3,(H2,17,18,19,20). The van der Waals surface area contributed by atoms with E-state index in [1.165, 1.54) is 10.4 Å². The summed E-state index contributed by atoms with van der Waals surface area (Å²) in [6, 6.07) is 4.20. The zero-order valence-corrected chi connectivity index (χ0v) is 13.9. The zero-order valence-electron chi connectivity index (χ0n) is 13.1. The second kappa shape index (κ2) is 7.98. The average Bonchev–Trinajstić information content (AvgIpc) is 2.98. The number of anilines is 2. The summed E-state index contributed by atoms with van der Waals surface area (Å²) in [5.74, 6) is 2.68. The van der Waals surface area contributed by atoms with Gasteiger partial charge in [0.2, 0.25) is 0 Å². The Balaban J connectivity index is 2.07. The summed E-state index contributed by atoms with van der Waals surface area (Å²) in [4.78, 5) is 10.5. The minimum absolute atomic E-state index is 0.828. The summed E-state index contributed by atoms with van der Waals surface area (Å²) >= 11 is 1.80. The molecule has 2 aromatic heterocycles. The lowest BCUT2D eigenvalue weighted by atomic mass is 10.2. The molecule has 0 saturated heterocycles. The van der Waals surface area contributed by atoms with E-state index in [4.69, 9.17) is 0 Å². The fourth-order valence-electron chi connectivity index (χ4n) is 2.10. The van der Waals surface area contributed by atoms with Crippen LogP contribution in [0.4, 0.5) is 11.6 Å². The van der Waals surface area contributed by atoms with Gasteiger partial charge >= 0.3 is 0 Å². The summed E-state index contributed by atoms with van der Waals surface area (Å²) in [5, 5.41) is 8.92. The summed E-state index contributed by atoms with van der Waals surface area (Å²) in [6.07, 6.45) is 3.01. The van der Waals surface area contributed by atoms with Gasteiger partial charge in [-0.1, -0.05) is 20.8 Å². The van der Waals surface area contributed by atoms with Crippen molar-refractivity contribution < 1.29 is 0 Å². The van der Waals surface area contributed by atoms with E-state index in [0.717, 1.165) is 49.8 Å². The highest BCUT2D eigenvalue weighted by molar-refractivity contribution is 7.10. The highest BCUT2D eigenvalue weighted by Crippen LogP contribution is 2.19. The quantitative estimate of drug-likeness (QED) is 0.771. The van der Waals surface area contributed by atoms with E-state index in [-0.39, 0.29) is 0 Å². The molecule has 0 aliphatic rings. The normalized spacial score (nSPS) is 10.6. The minimum Gasteiger partial charge on any atom is -0.370 e. The molecule has 0 bridgehead atoms. The van der Waals surface area contributed by atoms with Gasteiger partial charge in [0.05, 0.1) is 6.54 Å². The Hall–Kier alpha value is -1.62. The van der Waals surface area contributed by atoms with Crippen LogP contribution in [0.3, 0.4) is 0 Å². The van der Waals surface area contributed by atoms with Crippen LogP contribution in [0.15, 0.2) is 17.5 Å². The van der Waals surface area contributed by atoms with Gasteiger partial charge in [-0.3, -0.25) is 0 Å². The van der Waals surface area contributed by atoms with Crippen LogP contribution in [0.1, 0.15) is 43.5 Å². The van der Waals surface area contributed by atoms with Gasteiger partial charge in [-0.05, 0) is 29.9 Å². The van der Waals surface area contributed by atoms with Crippen molar-refractivity contribution in [2.45, 2.75) is 46.6 Å². The number of rotatable bonds is 8. The summed E-state index contributed by atoms with van der Waals surface area (Å²) < 4.78 is 0. The largest absolute Gasteiger partial charge is 0.370 e. The molecule has 0 aliphatic heterocycles. The molecule has 0 unspecified atom stereocenters. The lowest BCUT2D eigenvalue weighted by Gasteiger charge is -2.10. The van der Waals surface area contributed by atoms with E-state index in [1.54, 1.807) is 11.3 Å². The van der Waals surface area contributed by atoms with E-state index in [9.17, 15) is 0 Å². The van der Waals surface area contributed by atoms with Gasteiger partial charge in [-0.15, -0.1) is 11.3 Å². The molecule has 0 radical (unpaired) electrons. The molecule has 2 N–H and O–H groups in total. The molecule has 21 heavy (non-hydrogen) atoms. The molecule has 0 aliphatic carbocycles. The molecule has 0 atom stereocenters. The number of aromatic nitrogens is 2. The van der Waals surface area contributed by atoms with Crippen molar-refractivity contribution in [1.82, 2.24) is 9.97 Å². The number of hydrogen-bond donors (Lipinski definition) is 2. The van der Waals surface area contributed by atoms with E-state index in [0.29, 0.717) is 0 Å². The summed E-state index contributed by atoms with van der Waals surface area (Å²) in [6.45, 7) is 8.19. The van der Waals surface area contributed by atoms with Crippen LogP contribution in [0, 0.1) is 0 Å². The van der Waals surface area contributed by atoms with Crippen molar-refractivity contribution in [1.29, 1.82) is 0 Å². The number of nitrogens with zero attached hydrogens (tertiary/aromatic N) is 2. The van der Waals surface area contributed by atoms with Crippen LogP contribution in [0.5, 0.6) is 0 Å². The number of nitrogens with one attached hydrogen (secondary N) is 2. The molecule has 0 amide bonds. The second-order valence-electron chi connectivity index (χ2n) is 4.91. The highest BCUT2D eigenvalue weighted by Gasteiger charge is 2.06. The van der Waals surface area contributed by atoms with Crippen LogP contribution in [0.2, 0.25) is 0 Å². The topological polar surface area (TPSA) is 49.8 Å². The predicted molar refractivity (Wildman–Crippen MR) is 91.2 cm³/mol. The smallest absolute Gasteiger partial charge is 0.132 e. The van der Waals surface area contributed by atoms with Gasteiger partial charge in [0.1, 0.15) is 17.5 Å². The Labute approximate surface area is 131 Å². The Morgan fingerprint density at radius 1 is 1.05 bits per heavy atom. The van der Waals surface area contributed by atoms with Crippen molar-refractivity contribution in [3.63, 3.8) is 0 Å². The van der Waals surface area contributed by atoms with Gasteiger partial charge in [-0.2, -0.15) is 0 Å². The first-order valence-electron chi connectivity index (χ1n) is 7.67. The van der Waals surface area contributed by atoms with Crippen LogP contribution < -0.4 is 10.6 Å². The Morgan fingerprint density at radius 2 is 1.81 bits per heavy atom. The lowest BCUT2D eigenvalue weighted by molar-refractivity contribution is 0.913. The van der Waals surface area contributed by atoms with Crippen LogP contribution in [-0.4, -0.2) is 16.5 Å². The molecule has 2 heterocycles. The van der Waals surface area contributed by atoms with Crippen LogP contribution >= 0.6 is 11.3 Å². The minimum atomic E-state index is 0.828. The SMILES string of the molecule is CCCNc1cc(NCc2sccc2CC)nc(CC)n1. The van der Waals surface area contributed by atoms with E-state index in [1.807, 2.05) is 6.07 Å². The van der Waals surface area contributed by atoms with Crippen LogP contribution in [0.25, 0.3) is 0 Å². The van der Waals surface area contributed by atoms with Gasteiger partial charge in [0, 0.05) is 23.9 Å². The van der Waals surface area contributed by atoms with Crippen molar-refractivity contribution in [2.24, 2.45) is 0 Å². The first kappa shape index (κ1) is 15.8. The maximum atomic E-state index is 4.56. The first-order chi connectivity index (χ1) is 10.3. The number of aryl methyl sites for hydroxylation is 2. The highest BCUT2D eigenvalue weighted by atomic mass is 32.1. The zero-order chi connectivity index (χ0) is 15.1. The lowest BCUT2D eigenvalue weighted by Crippen LogP contribution is -2.08. The Kier molecular flexibility index (Phi) is 5.99. The maximum absolute atomic E-state index is 4.56. The average molecular weight is 304 g/mol. The fourth-order valence-corrected chi connectivity index (χ4v) is 3.01. The van der Waals surface area contributed by atoms with Gasteiger partial charge in [-0.25, -0.2) is 9.97 Å². The molecule has 2 rings (SSSR count). The molecule has 114 valence electrons. The van der Waals surface area contributed by atoms with E-state index in [2.05, 4.69) is 52.8 Å². The Bertz CT molecular complexity index is 565. The summed E-state index contributed by atoms with van der Waals surface area (Å²) in [5.41, 5.74) is 1.42. The van der Waals surface area contributed by atoms with Crippen LogP contribution in [-0.2, 0) is 19.4 Å². The van der Waals surface area contributed by atoms with Crippen molar-refractivity contribution in [2.75, 3.05) is 17.2 Å². The van der Waals surface area contributed by atoms with Gasteiger partial charge in [0.15, 0.2) is 0 Å². The van der Waals surface area contributed by atoms with Crippen molar-refractivity contribution >= 4 is 23.0 Å². The van der Waals surface area contributed by atoms with E-state index >= 15 is 0 Å². The van der Waals surface area contributed by atoms with Gasteiger partial charge in [0.25, 0.3) is 0 Å². The monoisotopic (exact) mass is 304 g/mol. The first-order valence-corrected chi connectivity index (χ1v) is 8.55.